The number of piperazine rings is 1. The lowest BCUT2D eigenvalue weighted by Gasteiger charge is -2.34. The van der Waals surface area contributed by atoms with Crippen LogP contribution in [0.1, 0.15) is 24.9 Å². The van der Waals surface area contributed by atoms with Gasteiger partial charge in [-0.25, -0.2) is 0 Å². The highest BCUT2D eigenvalue weighted by molar-refractivity contribution is 9.10. The van der Waals surface area contributed by atoms with E-state index in [1.165, 1.54) is 7.11 Å². The van der Waals surface area contributed by atoms with E-state index in [1.807, 2.05) is 31.2 Å². The summed E-state index contributed by atoms with van der Waals surface area (Å²) in [5, 5.41) is 5.63. The molecule has 2 unspecified atom stereocenters. The zero-order valence-electron chi connectivity index (χ0n) is 14.3. The number of carbonyl (C=O) groups is 3. The maximum Gasteiger partial charge on any atom is 0.307 e. The number of esters is 1. The fraction of sp³-hybridized carbons (Fsp3) is 0.471. The van der Waals surface area contributed by atoms with Crippen molar-refractivity contribution in [2.75, 3.05) is 26.7 Å². The Morgan fingerprint density at radius 1 is 1.40 bits per heavy atom. The molecule has 2 N–H and O–H groups in total. The second kappa shape index (κ2) is 8.96. The van der Waals surface area contributed by atoms with Crippen molar-refractivity contribution in [1.82, 2.24) is 15.5 Å². The number of hydrogen-bond donors (Lipinski definition) is 2. The van der Waals surface area contributed by atoms with E-state index in [0.717, 1.165) is 10.0 Å². The zero-order chi connectivity index (χ0) is 18.4. The summed E-state index contributed by atoms with van der Waals surface area (Å²) < 4.78 is 5.61. The molecule has 0 aliphatic carbocycles. The van der Waals surface area contributed by atoms with E-state index in [-0.39, 0.29) is 30.8 Å². The Balaban J connectivity index is 1.95. The number of nitrogens with zero attached hydrogens (tertiary/aromatic N) is 1. The molecule has 0 bridgehead atoms. The first kappa shape index (κ1) is 19.4. The van der Waals surface area contributed by atoms with E-state index in [9.17, 15) is 14.4 Å². The Bertz CT molecular complexity index is 635. The molecule has 7 nitrogen and oxygen atoms in total. The highest BCUT2D eigenvalue weighted by atomic mass is 79.9. The quantitative estimate of drug-likeness (QED) is 0.681. The first-order valence-electron chi connectivity index (χ1n) is 8.04. The second-order valence-electron chi connectivity index (χ2n) is 5.90. The minimum Gasteiger partial charge on any atom is -0.469 e. The van der Waals surface area contributed by atoms with Gasteiger partial charge in [0.2, 0.25) is 11.8 Å². The average Bonchev–Trinajstić information content (AvgIpc) is 2.58. The van der Waals surface area contributed by atoms with Gasteiger partial charge in [0.1, 0.15) is 6.04 Å². The van der Waals surface area contributed by atoms with Gasteiger partial charge < -0.3 is 15.4 Å². The SMILES string of the molecule is COC(=O)CC1C(=O)NCCN1CC(=O)NC(C)c1ccc(Br)cc1. The van der Waals surface area contributed by atoms with Crippen LogP contribution in [0.4, 0.5) is 0 Å². The molecule has 0 aromatic heterocycles. The van der Waals surface area contributed by atoms with Crippen LogP contribution in [0, 0.1) is 0 Å². The van der Waals surface area contributed by atoms with E-state index in [1.54, 1.807) is 4.90 Å². The van der Waals surface area contributed by atoms with E-state index < -0.39 is 12.0 Å². The van der Waals surface area contributed by atoms with Gasteiger partial charge in [-0.1, -0.05) is 28.1 Å². The van der Waals surface area contributed by atoms with E-state index in [2.05, 4.69) is 31.3 Å². The van der Waals surface area contributed by atoms with Crippen molar-refractivity contribution in [3.63, 3.8) is 0 Å². The number of benzene rings is 1. The van der Waals surface area contributed by atoms with Crippen molar-refractivity contribution in [1.29, 1.82) is 0 Å². The van der Waals surface area contributed by atoms with Crippen molar-refractivity contribution < 1.29 is 19.1 Å². The number of carbonyl (C=O) groups excluding carboxylic acids is 3. The van der Waals surface area contributed by atoms with Crippen LogP contribution in [-0.4, -0.2) is 55.5 Å². The lowest BCUT2D eigenvalue weighted by Crippen LogP contribution is -2.58. The molecular formula is C17H22BrN3O4. The molecule has 2 amide bonds. The zero-order valence-corrected chi connectivity index (χ0v) is 15.8. The Labute approximate surface area is 155 Å². The summed E-state index contributed by atoms with van der Waals surface area (Å²) >= 11 is 3.38. The number of amides is 2. The van der Waals surface area contributed by atoms with Gasteiger partial charge in [0, 0.05) is 17.6 Å². The van der Waals surface area contributed by atoms with Crippen LogP contribution in [0.5, 0.6) is 0 Å². The van der Waals surface area contributed by atoms with Crippen LogP contribution in [0.25, 0.3) is 0 Å². The summed E-state index contributed by atoms with van der Waals surface area (Å²) in [6.07, 6.45) is -0.0715. The molecule has 0 saturated carbocycles. The Kier molecular flexibility index (Phi) is 6.95. The van der Waals surface area contributed by atoms with E-state index >= 15 is 0 Å². The molecule has 1 aliphatic rings. The number of nitrogens with one attached hydrogen (secondary N) is 2. The van der Waals surface area contributed by atoms with Crippen molar-refractivity contribution in [2.24, 2.45) is 0 Å². The van der Waals surface area contributed by atoms with Crippen LogP contribution in [0.2, 0.25) is 0 Å². The standard InChI is InChI=1S/C17H22BrN3O4/c1-11(12-3-5-13(18)6-4-12)20-15(22)10-21-8-7-19-17(24)14(21)9-16(23)25-2/h3-6,11,14H,7-10H2,1-2H3,(H,19,24)(H,20,22). The van der Waals surface area contributed by atoms with Gasteiger partial charge in [0.15, 0.2) is 0 Å². The predicted molar refractivity (Wildman–Crippen MR) is 95.7 cm³/mol. The Hall–Kier alpha value is -1.93. The van der Waals surface area contributed by atoms with Gasteiger partial charge in [0.05, 0.1) is 26.1 Å². The van der Waals surface area contributed by atoms with Gasteiger partial charge in [-0.15, -0.1) is 0 Å². The van der Waals surface area contributed by atoms with Crippen LogP contribution < -0.4 is 10.6 Å². The van der Waals surface area contributed by atoms with Gasteiger partial charge in [-0.05, 0) is 24.6 Å². The molecule has 0 spiro atoms. The summed E-state index contributed by atoms with van der Waals surface area (Å²) in [4.78, 5) is 37.6. The number of ether oxygens (including phenoxy) is 1. The molecule has 1 fully saturated rings. The van der Waals surface area contributed by atoms with Crippen LogP contribution in [-0.2, 0) is 19.1 Å². The summed E-state index contributed by atoms with van der Waals surface area (Å²) in [5.41, 5.74) is 0.985. The molecule has 1 heterocycles. The number of rotatable bonds is 6. The number of halogens is 1. The van der Waals surface area contributed by atoms with E-state index in [0.29, 0.717) is 13.1 Å². The van der Waals surface area contributed by atoms with Crippen molar-refractivity contribution >= 4 is 33.7 Å². The molecule has 25 heavy (non-hydrogen) atoms. The predicted octanol–water partition coefficient (Wildman–Crippen LogP) is 0.990. The third-order valence-electron chi connectivity index (χ3n) is 4.12. The third kappa shape index (κ3) is 5.54. The smallest absolute Gasteiger partial charge is 0.307 e. The van der Waals surface area contributed by atoms with E-state index in [4.69, 9.17) is 0 Å². The summed E-state index contributed by atoms with van der Waals surface area (Å²) in [6, 6.07) is 6.86. The first-order chi connectivity index (χ1) is 11.9. The van der Waals surface area contributed by atoms with Gasteiger partial charge in [-0.3, -0.25) is 19.3 Å². The van der Waals surface area contributed by atoms with Crippen LogP contribution in [0.15, 0.2) is 28.7 Å². The molecule has 0 radical (unpaired) electrons. The molecule has 2 rings (SSSR count). The van der Waals surface area contributed by atoms with Crippen molar-refractivity contribution in [2.45, 2.75) is 25.4 Å². The second-order valence-corrected chi connectivity index (χ2v) is 6.81. The fourth-order valence-electron chi connectivity index (χ4n) is 2.72. The Morgan fingerprint density at radius 2 is 2.08 bits per heavy atom. The normalized spacial score (nSPS) is 19.0. The highest BCUT2D eigenvalue weighted by Gasteiger charge is 2.33. The molecule has 1 aromatic rings. The van der Waals surface area contributed by atoms with Gasteiger partial charge in [-0.2, -0.15) is 0 Å². The molecule has 2 atom stereocenters. The molecule has 136 valence electrons. The maximum absolute atomic E-state index is 12.4. The van der Waals surface area contributed by atoms with Crippen molar-refractivity contribution in [3.05, 3.63) is 34.3 Å². The average molecular weight is 412 g/mol. The summed E-state index contributed by atoms with van der Waals surface area (Å²) in [5.74, 6) is -0.930. The number of hydrogen-bond acceptors (Lipinski definition) is 5. The fourth-order valence-corrected chi connectivity index (χ4v) is 2.99. The maximum atomic E-state index is 12.4. The van der Waals surface area contributed by atoms with Gasteiger partial charge >= 0.3 is 5.97 Å². The molecule has 8 heteroatoms. The lowest BCUT2D eigenvalue weighted by atomic mass is 10.1. The minimum atomic E-state index is -0.685. The third-order valence-corrected chi connectivity index (χ3v) is 4.65. The molecular weight excluding hydrogens is 390 g/mol. The van der Waals surface area contributed by atoms with Crippen LogP contribution >= 0.6 is 15.9 Å². The highest BCUT2D eigenvalue weighted by Crippen LogP contribution is 2.17. The summed E-state index contributed by atoms with van der Waals surface area (Å²) in [7, 11) is 1.28. The molecule has 1 aromatic carbocycles. The van der Waals surface area contributed by atoms with Crippen LogP contribution in [0.3, 0.4) is 0 Å². The topological polar surface area (TPSA) is 87.7 Å². The minimum absolute atomic E-state index is 0.0515. The largest absolute Gasteiger partial charge is 0.469 e. The van der Waals surface area contributed by atoms with Gasteiger partial charge in [0.25, 0.3) is 0 Å². The number of methoxy groups -OCH3 is 1. The monoisotopic (exact) mass is 411 g/mol. The Morgan fingerprint density at radius 3 is 2.72 bits per heavy atom. The molecule has 1 saturated heterocycles. The first-order valence-corrected chi connectivity index (χ1v) is 8.83. The summed E-state index contributed by atoms with van der Waals surface area (Å²) in [6.45, 7) is 2.91. The van der Waals surface area contributed by atoms with Crippen molar-refractivity contribution in [3.8, 4) is 0 Å². The lowest BCUT2D eigenvalue weighted by molar-refractivity contribution is -0.146. The molecule has 1 aliphatic heterocycles.